The lowest BCUT2D eigenvalue weighted by atomic mass is 9.96. The van der Waals surface area contributed by atoms with Gasteiger partial charge in [-0.15, -0.1) is 0 Å². The maximum atomic E-state index is 12.6. The van der Waals surface area contributed by atoms with Crippen LogP contribution in [-0.4, -0.2) is 30.3 Å². The summed E-state index contributed by atoms with van der Waals surface area (Å²) in [5.41, 5.74) is 0.356. The molecule has 28 heavy (non-hydrogen) atoms. The van der Waals surface area contributed by atoms with E-state index in [9.17, 15) is 14.7 Å². The second-order valence-electron chi connectivity index (χ2n) is 7.44. The van der Waals surface area contributed by atoms with Crippen molar-refractivity contribution in [1.82, 2.24) is 19.1 Å². The SMILES string of the molecule is Cn1c(=O)[nH]c(=O)c2c1nc(NC1CCCCC1)n2C[C@@H](O)c1ccccc1. The fourth-order valence-electron chi connectivity index (χ4n) is 3.91. The third-order valence-corrected chi connectivity index (χ3v) is 5.49. The molecule has 1 saturated carbocycles. The van der Waals surface area contributed by atoms with Gasteiger partial charge in [-0.3, -0.25) is 14.3 Å². The fraction of sp³-hybridized carbons (Fsp3) is 0.450. The molecule has 0 bridgehead atoms. The van der Waals surface area contributed by atoms with Crippen LogP contribution in [0.5, 0.6) is 0 Å². The number of aromatic amines is 1. The minimum absolute atomic E-state index is 0.164. The van der Waals surface area contributed by atoms with Gasteiger partial charge in [0.15, 0.2) is 11.2 Å². The molecule has 1 aliphatic carbocycles. The molecule has 0 unspecified atom stereocenters. The number of aliphatic hydroxyl groups excluding tert-OH is 1. The lowest BCUT2D eigenvalue weighted by Gasteiger charge is -2.24. The molecule has 2 aromatic heterocycles. The normalized spacial score (nSPS) is 16.4. The minimum Gasteiger partial charge on any atom is -0.387 e. The molecule has 1 fully saturated rings. The van der Waals surface area contributed by atoms with Crippen molar-refractivity contribution in [1.29, 1.82) is 0 Å². The molecule has 0 spiro atoms. The van der Waals surface area contributed by atoms with E-state index in [1.165, 1.54) is 11.0 Å². The average molecular weight is 383 g/mol. The molecule has 148 valence electrons. The first-order valence-corrected chi connectivity index (χ1v) is 9.73. The number of anilines is 1. The molecule has 8 heteroatoms. The number of aromatic nitrogens is 4. The molecule has 0 aliphatic heterocycles. The quantitative estimate of drug-likeness (QED) is 0.624. The van der Waals surface area contributed by atoms with Crippen LogP contribution in [0.15, 0.2) is 39.9 Å². The summed E-state index contributed by atoms with van der Waals surface area (Å²) in [6, 6.07) is 9.58. The number of aryl methyl sites for hydroxylation is 1. The van der Waals surface area contributed by atoms with Gasteiger partial charge in [0.05, 0.1) is 12.6 Å². The lowest BCUT2D eigenvalue weighted by molar-refractivity contribution is 0.158. The van der Waals surface area contributed by atoms with E-state index in [1.807, 2.05) is 30.3 Å². The Morgan fingerprint density at radius 3 is 2.64 bits per heavy atom. The summed E-state index contributed by atoms with van der Waals surface area (Å²) < 4.78 is 3.02. The molecule has 1 aliphatic rings. The van der Waals surface area contributed by atoms with E-state index in [1.54, 1.807) is 11.6 Å². The van der Waals surface area contributed by atoms with Crippen molar-refractivity contribution in [3.05, 3.63) is 56.7 Å². The number of fused-ring (bicyclic) bond motifs is 1. The zero-order valence-electron chi connectivity index (χ0n) is 15.9. The van der Waals surface area contributed by atoms with Crippen LogP contribution >= 0.6 is 0 Å². The topological polar surface area (TPSA) is 105 Å². The van der Waals surface area contributed by atoms with E-state index in [0.29, 0.717) is 11.6 Å². The zero-order chi connectivity index (χ0) is 19.7. The van der Waals surface area contributed by atoms with Crippen LogP contribution in [0.2, 0.25) is 0 Å². The van der Waals surface area contributed by atoms with E-state index >= 15 is 0 Å². The predicted molar refractivity (Wildman–Crippen MR) is 107 cm³/mol. The van der Waals surface area contributed by atoms with Crippen molar-refractivity contribution in [2.75, 3.05) is 5.32 Å². The molecule has 0 saturated heterocycles. The van der Waals surface area contributed by atoms with Crippen molar-refractivity contribution in [3.8, 4) is 0 Å². The van der Waals surface area contributed by atoms with Crippen molar-refractivity contribution < 1.29 is 5.11 Å². The molecule has 3 N–H and O–H groups in total. The minimum atomic E-state index is -0.804. The summed E-state index contributed by atoms with van der Waals surface area (Å²) in [7, 11) is 1.58. The van der Waals surface area contributed by atoms with Gasteiger partial charge in [0.2, 0.25) is 5.95 Å². The number of benzene rings is 1. The molecular formula is C20H25N5O3. The van der Waals surface area contributed by atoms with Gasteiger partial charge in [0, 0.05) is 13.1 Å². The molecule has 4 rings (SSSR count). The highest BCUT2D eigenvalue weighted by molar-refractivity contribution is 5.74. The van der Waals surface area contributed by atoms with Gasteiger partial charge in [0.25, 0.3) is 5.56 Å². The van der Waals surface area contributed by atoms with Gasteiger partial charge in [-0.2, -0.15) is 4.98 Å². The molecule has 8 nitrogen and oxygen atoms in total. The summed E-state index contributed by atoms with van der Waals surface area (Å²) >= 11 is 0. The maximum absolute atomic E-state index is 12.6. The van der Waals surface area contributed by atoms with E-state index in [-0.39, 0.29) is 18.1 Å². The molecule has 3 aromatic rings. The Labute approximate surface area is 161 Å². The molecule has 1 aromatic carbocycles. The Bertz CT molecular complexity index is 1080. The number of imidazole rings is 1. The highest BCUT2D eigenvalue weighted by Gasteiger charge is 2.22. The summed E-state index contributed by atoms with van der Waals surface area (Å²) in [4.78, 5) is 31.4. The first-order valence-electron chi connectivity index (χ1n) is 9.73. The zero-order valence-corrected chi connectivity index (χ0v) is 15.9. The van der Waals surface area contributed by atoms with Gasteiger partial charge < -0.3 is 15.0 Å². The second-order valence-corrected chi connectivity index (χ2v) is 7.44. The van der Waals surface area contributed by atoms with Gasteiger partial charge >= 0.3 is 5.69 Å². The number of aliphatic hydroxyl groups is 1. The fourth-order valence-corrected chi connectivity index (χ4v) is 3.91. The van der Waals surface area contributed by atoms with E-state index in [0.717, 1.165) is 31.2 Å². The van der Waals surface area contributed by atoms with Gasteiger partial charge in [-0.25, -0.2) is 4.79 Å². The average Bonchev–Trinajstić information content (AvgIpc) is 3.06. The van der Waals surface area contributed by atoms with Crippen molar-refractivity contribution in [3.63, 3.8) is 0 Å². The number of hydrogen-bond acceptors (Lipinski definition) is 5. The van der Waals surface area contributed by atoms with Gasteiger partial charge in [-0.05, 0) is 18.4 Å². The number of H-pyrrole nitrogens is 1. The van der Waals surface area contributed by atoms with Crippen molar-refractivity contribution in [2.45, 2.75) is 50.8 Å². The Balaban J connectivity index is 1.79. The first-order chi connectivity index (χ1) is 13.5. The summed E-state index contributed by atoms with van der Waals surface area (Å²) in [6.07, 6.45) is 4.82. The van der Waals surface area contributed by atoms with Crippen LogP contribution in [-0.2, 0) is 13.6 Å². The van der Waals surface area contributed by atoms with Crippen LogP contribution in [0.4, 0.5) is 5.95 Å². The Morgan fingerprint density at radius 2 is 1.93 bits per heavy atom. The van der Waals surface area contributed by atoms with Crippen LogP contribution < -0.4 is 16.6 Å². The van der Waals surface area contributed by atoms with Crippen LogP contribution in [0.3, 0.4) is 0 Å². The van der Waals surface area contributed by atoms with E-state index in [2.05, 4.69) is 15.3 Å². The lowest BCUT2D eigenvalue weighted by Crippen LogP contribution is -2.29. The molecule has 0 amide bonds. The van der Waals surface area contributed by atoms with E-state index < -0.39 is 17.4 Å². The van der Waals surface area contributed by atoms with Crippen LogP contribution in [0.25, 0.3) is 11.2 Å². The molecule has 2 heterocycles. The standard InChI is InChI=1S/C20H25N5O3/c1-24-17-16(18(27)23-20(24)28)25(12-15(26)13-8-4-2-5-9-13)19(22-17)21-14-10-6-3-7-11-14/h2,4-5,8-9,14-15,26H,3,6-7,10-12H2,1H3,(H,21,22)(H,23,27,28)/t15-/m1/s1. The van der Waals surface area contributed by atoms with Gasteiger partial charge in [0.1, 0.15) is 0 Å². The van der Waals surface area contributed by atoms with E-state index in [4.69, 9.17) is 0 Å². The van der Waals surface area contributed by atoms with Crippen molar-refractivity contribution >= 4 is 17.1 Å². The summed E-state index contributed by atoms with van der Waals surface area (Å²) in [6.45, 7) is 0.164. The highest BCUT2D eigenvalue weighted by atomic mass is 16.3. The Hall–Kier alpha value is -2.87. The highest BCUT2D eigenvalue weighted by Crippen LogP contribution is 2.25. The number of rotatable bonds is 5. The summed E-state index contributed by atoms with van der Waals surface area (Å²) in [5, 5.41) is 14.2. The van der Waals surface area contributed by atoms with Crippen molar-refractivity contribution in [2.24, 2.45) is 7.05 Å². The first kappa shape index (κ1) is 18.5. The second kappa shape index (κ2) is 7.63. The Kier molecular flexibility index (Phi) is 5.04. The number of hydrogen-bond donors (Lipinski definition) is 3. The maximum Gasteiger partial charge on any atom is 0.329 e. The number of nitrogens with zero attached hydrogens (tertiary/aromatic N) is 3. The molecule has 1 atom stereocenters. The third-order valence-electron chi connectivity index (χ3n) is 5.49. The van der Waals surface area contributed by atoms with Gasteiger partial charge in [-0.1, -0.05) is 49.6 Å². The molecular weight excluding hydrogens is 358 g/mol. The smallest absolute Gasteiger partial charge is 0.329 e. The Morgan fingerprint density at radius 1 is 1.21 bits per heavy atom. The van der Waals surface area contributed by atoms with Crippen LogP contribution in [0, 0.1) is 0 Å². The summed E-state index contributed by atoms with van der Waals surface area (Å²) in [5.74, 6) is 0.517. The monoisotopic (exact) mass is 383 g/mol. The third kappa shape index (κ3) is 3.47. The number of nitrogens with one attached hydrogen (secondary N) is 2. The molecule has 0 radical (unpaired) electrons. The van der Waals surface area contributed by atoms with Crippen LogP contribution in [0.1, 0.15) is 43.8 Å². The predicted octanol–water partition coefficient (Wildman–Crippen LogP) is 1.90. The largest absolute Gasteiger partial charge is 0.387 e.